The molecule has 0 aromatic carbocycles. The molecular formula is C45H84NO8P. The number of carbonyl (C=O) groups is 2. The van der Waals surface area contributed by atoms with E-state index in [1.54, 1.807) is 0 Å². The van der Waals surface area contributed by atoms with E-state index in [-0.39, 0.29) is 38.6 Å². The quantitative estimate of drug-likeness (QED) is 0.0268. The Morgan fingerprint density at radius 1 is 0.545 bits per heavy atom. The molecule has 0 rings (SSSR count). The molecule has 0 spiro atoms. The molecule has 0 saturated heterocycles. The minimum absolute atomic E-state index is 0.0512. The van der Waals surface area contributed by atoms with E-state index in [1.807, 2.05) is 0 Å². The Hall–Kier alpha value is -1.77. The smallest absolute Gasteiger partial charge is 0.462 e. The summed E-state index contributed by atoms with van der Waals surface area (Å²) < 4.78 is 32.8. The lowest BCUT2D eigenvalue weighted by Crippen LogP contribution is -2.29. The number of carbonyl (C=O) groups excluding carboxylic acids is 2. The van der Waals surface area contributed by atoms with Gasteiger partial charge in [-0.3, -0.25) is 18.6 Å². The fourth-order valence-electron chi connectivity index (χ4n) is 6.13. The van der Waals surface area contributed by atoms with Crippen LogP contribution in [0.25, 0.3) is 0 Å². The van der Waals surface area contributed by atoms with Gasteiger partial charge in [-0.1, -0.05) is 159 Å². The molecule has 0 aromatic heterocycles. The van der Waals surface area contributed by atoms with Crippen molar-refractivity contribution in [3.05, 3.63) is 36.5 Å². The molecule has 322 valence electrons. The highest BCUT2D eigenvalue weighted by Gasteiger charge is 2.26. The second-order valence-corrected chi connectivity index (χ2v) is 16.4. The van der Waals surface area contributed by atoms with Crippen LogP contribution in [0.5, 0.6) is 0 Å². The Kier molecular flexibility index (Phi) is 40.5. The fraction of sp³-hybridized carbons (Fsp3) is 0.822. The largest absolute Gasteiger partial charge is 0.472 e. The zero-order valence-corrected chi connectivity index (χ0v) is 36.3. The monoisotopic (exact) mass is 798 g/mol. The molecule has 0 aliphatic rings. The third-order valence-electron chi connectivity index (χ3n) is 9.50. The zero-order valence-electron chi connectivity index (χ0n) is 35.4. The van der Waals surface area contributed by atoms with E-state index < -0.39 is 26.5 Å². The van der Waals surface area contributed by atoms with Crippen LogP contribution in [0.3, 0.4) is 0 Å². The van der Waals surface area contributed by atoms with E-state index in [9.17, 15) is 19.0 Å². The highest BCUT2D eigenvalue weighted by atomic mass is 31.2. The van der Waals surface area contributed by atoms with Crippen molar-refractivity contribution in [1.29, 1.82) is 0 Å². The third kappa shape index (κ3) is 41.7. The number of allylic oxidation sites excluding steroid dienone is 6. The average Bonchev–Trinajstić information content (AvgIpc) is 3.17. The number of rotatable bonds is 42. The Bertz CT molecular complexity index is 1000. The van der Waals surface area contributed by atoms with Crippen molar-refractivity contribution in [2.45, 2.75) is 213 Å². The minimum atomic E-state index is -4.38. The second kappa shape index (κ2) is 41.9. The lowest BCUT2D eigenvalue weighted by molar-refractivity contribution is -0.161. The predicted molar refractivity (Wildman–Crippen MR) is 229 cm³/mol. The van der Waals surface area contributed by atoms with Gasteiger partial charge in [-0.25, -0.2) is 4.57 Å². The predicted octanol–water partition coefficient (Wildman–Crippen LogP) is 12.9. The summed E-state index contributed by atoms with van der Waals surface area (Å²) in [5, 5.41) is 0. The standard InChI is InChI=1S/C45H84NO8P/c1-3-5-7-9-11-13-15-17-19-21-23-25-27-29-31-33-35-37-44(47)51-41-43(42-53-55(49,50)52-40-39-46)54-45(48)38-36-34-32-30-28-26-24-22-20-18-16-14-12-10-8-6-4-2/h12,14,17-20,43H,3-11,13,15-16,21-42,46H2,1-2H3,(H,49,50)/b14-12-,19-17-,20-18-/t43-/m1/s1. The molecule has 0 radical (unpaired) electrons. The van der Waals surface area contributed by atoms with Crippen LogP contribution in [0.15, 0.2) is 36.5 Å². The summed E-state index contributed by atoms with van der Waals surface area (Å²) in [6, 6.07) is 0. The Morgan fingerprint density at radius 2 is 0.945 bits per heavy atom. The molecule has 0 fully saturated rings. The molecule has 0 aliphatic carbocycles. The molecule has 2 atom stereocenters. The van der Waals surface area contributed by atoms with Crippen LogP contribution in [-0.4, -0.2) is 49.3 Å². The van der Waals surface area contributed by atoms with E-state index in [4.69, 9.17) is 24.3 Å². The summed E-state index contributed by atoms with van der Waals surface area (Å²) in [6.45, 7) is 3.70. The number of esters is 2. The maximum Gasteiger partial charge on any atom is 0.472 e. The van der Waals surface area contributed by atoms with Gasteiger partial charge in [0.2, 0.25) is 0 Å². The molecule has 0 saturated carbocycles. The van der Waals surface area contributed by atoms with Crippen LogP contribution in [-0.2, 0) is 32.7 Å². The van der Waals surface area contributed by atoms with Crippen molar-refractivity contribution in [2.75, 3.05) is 26.4 Å². The van der Waals surface area contributed by atoms with Crippen LogP contribution in [0, 0.1) is 0 Å². The first-order valence-electron chi connectivity index (χ1n) is 22.5. The van der Waals surface area contributed by atoms with Gasteiger partial charge in [0.15, 0.2) is 6.10 Å². The number of hydrogen-bond donors (Lipinski definition) is 2. The van der Waals surface area contributed by atoms with Gasteiger partial charge in [0, 0.05) is 19.4 Å². The molecule has 9 nitrogen and oxygen atoms in total. The van der Waals surface area contributed by atoms with Crippen LogP contribution >= 0.6 is 7.82 Å². The van der Waals surface area contributed by atoms with Crippen molar-refractivity contribution in [3.63, 3.8) is 0 Å². The lowest BCUT2D eigenvalue weighted by atomic mass is 10.1. The van der Waals surface area contributed by atoms with E-state index >= 15 is 0 Å². The number of unbranched alkanes of at least 4 members (excludes halogenated alkanes) is 23. The molecule has 0 amide bonds. The molecular weight excluding hydrogens is 713 g/mol. The number of phosphoric ester groups is 1. The van der Waals surface area contributed by atoms with E-state index in [1.165, 1.54) is 109 Å². The maximum atomic E-state index is 12.6. The summed E-state index contributed by atoms with van der Waals surface area (Å²) in [4.78, 5) is 34.9. The van der Waals surface area contributed by atoms with Crippen molar-refractivity contribution >= 4 is 19.8 Å². The second-order valence-electron chi connectivity index (χ2n) is 14.9. The molecule has 55 heavy (non-hydrogen) atoms. The number of hydrogen-bond acceptors (Lipinski definition) is 8. The molecule has 3 N–H and O–H groups in total. The van der Waals surface area contributed by atoms with Crippen LogP contribution in [0.1, 0.15) is 206 Å². The molecule has 0 aliphatic heterocycles. The van der Waals surface area contributed by atoms with Gasteiger partial charge in [-0.2, -0.15) is 0 Å². The fourth-order valence-corrected chi connectivity index (χ4v) is 6.89. The van der Waals surface area contributed by atoms with E-state index in [2.05, 4.69) is 50.3 Å². The maximum absolute atomic E-state index is 12.6. The average molecular weight is 798 g/mol. The van der Waals surface area contributed by atoms with Crippen molar-refractivity contribution in [2.24, 2.45) is 5.73 Å². The zero-order chi connectivity index (χ0) is 40.3. The topological polar surface area (TPSA) is 134 Å². The number of ether oxygens (including phenoxy) is 2. The normalized spacial score (nSPS) is 13.6. The van der Waals surface area contributed by atoms with Gasteiger partial charge in [-0.05, 0) is 70.6 Å². The van der Waals surface area contributed by atoms with Crippen LogP contribution in [0.2, 0.25) is 0 Å². The summed E-state index contributed by atoms with van der Waals surface area (Å²) in [5.74, 6) is -0.839. The van der Waals surface area contributed by atoms with Gasteiger partial charge in [0.1, 0.15) is 6.61 Å². The van der Waals surface area contributed by atoms with Crippen molar-refractivity contribution in [3.8, 4) is 0 Å². The lowest BCUT2D eigenvalue weighted by Gasteiger charge is -2.19. The number of phosphoric acid groups is 1. The molecule has 0 bridgehead atoms. The minimum Gasteiger partial charge on any atom is -0.462 e. The first-order valence-corrected chi connectivity index (χ1v) is 24.0. The molecule has 0 aromatic rings. The summed E-state index contributed by atoms with van der Waals surface area (Å²) in [7, 11) is -4.38. The first-order chi connectivity index (χ1) is 26.8. The Balaban J connectivity index is 4.14. The molecule has 10 heteroatoms. The summed E-state index contributed by atoms with van der Waals surface area (Å²) in [6.07, 6.45) is 45.9. The highest BCUT2D eigenvalue weighted by molar-refractivity contribution is 7.47. The Labute approximate surface area is 337 Å². The summed E-state index contributed by atoms with van der Waals surface area (Å²) >= 11 is 0. The van der Waals surface area contributed by atoms with Crippen molar-refractivity contribution < 1.29 is 37.6 Å². The van der Waals surface area contributed by atoms with Gasteiger partial charge in [-0.15, -0.1) is 0 Å². The van der Waals surface area contributed by atoms with Gasteiger partial charge >= 0.3 is 19.8 Å². The Morgan fingerprint density at radius 3 is 1.44 bits per heavy atom. The molecule has 1 unspecified atom stereocenters. The van der Waals surface area contributed by atoms with Gasteiger partial charge in [0.05, 0.1) is 13.2 Å². The van der Waals surface area contributed by atoms with Crippen LogP contribution < -0.4 is 5.73 Å². The third-order valence-corrected chi connectivity index (χ3v) is 10.5. The number of nitrogens with two attached hydrogens (primary N) is 1. The van der Waals surface area contributed by atoms with Gasteiger partial charge < -0.3 is 20.1 Å². The van der Waals surface area contributed by atoms with Crippen molar-refractivity contribution in [1.82, 2.24) is 0 Å². The van der Waals surface area contributed by atoms with Crippen LogP contribution in [0.4, 0.5) is 0 Å². The molecule has 0 heterocycles. The highest BCUT2D eigenvalue weighted by Crippen LogP contribution is 2.43. The van der Waals surface area contributed by atoms with E-state index in [0.29, 0.717) is 6.42 Å². The summed E-state index contributed by atoms with van der Waals surface area (Å²) in [5.41, 5.74) is 5.35. The van der Waals surface area contributed by atoms with E-state index in [0.717, 1.165) is 64.2 Å². The van der Waals surface area contributed by atoms with Gasteiger partial charge in [0.25, 0.3) is 0 Å². The SMILES string of the molecule is CCCCC/C=C\C/C=C\CCCCCCCCCC(=O)O[C@H](COC(=O)CCCCCCCCC/C=C\CCCCCCCC)COP(=O)(O)OCCN. The first kappa shape index (κ1) is 53.2.